The van der Waals surface area contributed by atoms with Crippen LogP contribution < -0.4 is 16.0 Å². The number of likely N-dealkylation sites (N-methyl/N-ethyl adjacent to an activating group) is 1. The normalized spacial score (nSPS) is 23.0. The number of halogens is 1. The van der Waals surface area contributed by atoms with Crippen LogP contribution in [0.2, 0.25) is 0 Å². The van der Waals surface area contributed by atoms with Crippen molar-refractivity contribution in [2.24, 2.45) is 5.92 Å². The molecule has 1 aliphatic carbocycles. The highest BCUT2D eigenvalue weighted by atomic mass is 35.5. The second-order valence-electron chi connectivity index (χ2n) is 6.65. The van der Waals surface area contributed by atoms with E-state index in [9.17, 15) is 9.59 Å². The average molecular weight is 347 g/mol. The van der Waals surface area contributed by atoms with Crippen LogP contribution in [-0.4, -0.2) is 55.6 Å². The van der Waals surface area contributed by atoms with Gasteiger partial charge in [0.05, 0.1) is 5.92 Å². The molecule has 23 heavy (non-hydrogen) atoms. The molecule has 0 radical (unpaired) electrons. The summed E-state index contributed by atoms with van der Waals surface area (Å²) in [5.74, 6) is -0.00685. The maximum absolute atomic E-state index is 12.3. The first kappa shape index (κ1) is 20.0. The van der Waals surface area contributed by atoms with E-state index in [1.165, 1.54) is 12.8 Å². The van der Waals surface area contributed by atoms with Gasteiger partial charge in [-0.05, 0) is 39.7 Å². The third kappa shape index (κ3) is 6.18. The van der Waals surface area contributed by atoms with Gasteiger partial charge in [0.1, 0.15) is 0 Å². The van der Waals surface area contributed by atoms with Crippen LogP contribution in [-0.2, 0) is 4.79 Å². The van der Waals surface area contributed by atoms with Crippen molar-refractivity contribution in [1.82, 2.24) is 20.9 Å². The Morgan fingerprint density at radius 3 is 2.52 bits per heavy atom. The van der Waals surface area contributed by atoms with Gasteiger partial charge in [-0.25, -0.2) is 4.79 Å². The van der Waals surface area contributed by atoms with E-state index >= 15 is 0 Å². The first-order chi connectivity index (χ1) is 10.6. The van der Waals surface area contributed by atoms with Crippen molar-refractivity contribution in [1.29, 1.82) is 0 Å². The van der Waals surface area contributed by atoms with Crippen molar-refractivity contribution in [2.75, 3.05) is 26.7 Å². The van der Waals surface area contributed by atoms with Crippen LogP contribution in [0.5, 0.6) is 0 Å². The smallest absolute Gasteiger partial charge is 0.317 e. The molecule has 3 N–H and O–H groups in total. The first-order valence-electron chi connectivity index (χ1n) is 8.60. The summed E-state index contributed by atoms with van der Waals surface area (Å²) in [6.45, 7) is 3.95. The molecule has 0 spiro atoms. The molecule has 7 heteroatoms. The van der Waals surface area contributed by atoms with Crippen molar-refractivity contribution in [2.45, 2.75) is 57.5 Å². The van der Waals surface area contributed by atoms with Crippen LogP contribution in [0, 0.1) is 5.92 Å². The summed E-state index contributed by atoms with van der Waals surface area (Å²) >= 11 is 0. The molecule has 1 saturated carbocycles. The fraction of sp³-hybridized carbons (Fsp3) is 0.875. The van der Waals surface area contributed by atoms with Gasteiger partial charge in [-0.2, -0.15) is 0 Å². The van der Waals surface area contributed by atoms with Gasteiger partial charge in [0.15, 0.2) is 0 Å². The summed E-state index contributed by atoms with van der Waals surface area (Å²) in [5, 5.41) is 9.19. The summed E-state index contributed by atoms with van der Waals surface area (Å²) in [5.41, 5.74) is 0. The molecular formula is C16H31ClN4O2. The number of carbonyl (C=O) groups excluding carboxylic acids is 2. The number of hydrogen-bond acceptors (Lipinski definition) is 3. The first-order valence-corrected chi connectivity index (χ1v) is 8.60. The number of piperidine rings is 1. The van der Waals surface area contributed by atoms with Crippen LogP contribution in [0.1, 0.15) is 45.4 Å². The lowest BCUT2D eigenvalue weighted by molar-refractivity contribution is -0.126. The molecular weight excluding hydrogens is 316 g/mol. The van der Waals surface area contributed by atoms with Crippen molar-refractivity contribution < 1.29 is 9.59 Å². The van der Waals surface area contributed by atoms with Gasteiger partial charge in [0, 0.05) is 31.7 Å². The number of urea groups is 1. The largest absolute Gasteiger partial charge is 0.354 e. The lowest BCUT2D eigenvalue weighted by Gasteiger charge is -2.33. The molecule has 3 amide bonds. The summed E-state index contributed by atoms with van der Waals surface area (Å²) in [6, 6.07) is 0.598. The van der Waals surface area contributed by atoms with E-state index in [0.29, 0.717) is 19.1 Å². The predicted octanol–water partition coefficient (Wildman–Crippen LogP) is 1.50. The number of hydrogen-bond donors (Lipinski definition) is 3. The molecule has 2 unspecified atom stereocenters. The highest BCUT2D eigenvalue weighted by molar-refractivity contribution is 5.85. The number of carbonyl (C=O) groups is 2. The van der Waals surface area contributed by atoms with E-state index in [2.05, 4.69) is 16.0 Å². The highest BCUT2D eigenvalue weighted by Crippen LogP contribution is 2.20. The molecule has 6 nitrogen and oxygen atoms in total. The van der Waals surface area contributed by atoms with Crippen LogP contribution in [0.25, 0.3) is 0 Å². The van der Waals surface area contributed by atoms with Gasteiger partial charge in [-0.15, -0.1) is 12.4 Å². The van der Waals surface area contributed by atoms with Crippen molar-refractivity contribution in [3.8, 4) is 0 Å². The SMILES string of the molecule is CNC(C)CNC(=O)C1CCCN(C(=O)NC2CCCC2)C1.Cl. The number of nitrogens with one attached hydrogen (secondary N) is 3. The van der Waals surface area contributed by atoms with Crippen molar-refractivity contribution in [3.05, 3.63) is 0 Å². The predicted molar refractivity (Wildman–Crippen MR) is 93.9 cm³/mol. The molecule has 1 aliphatic heterocycles. The van der Waals surface area contributed by atoms with E-state index < -0.39 is 0 Å². The molecule has 0 aromatic heterocycles. The van der Waals surface area contributed by atoms with Gasteiger partial charge in [-0.1, -0.05) is 12.8 Å². The van der Waals surface area contributed by atoms with Gasteiger partial charge >= 0.3 is 6.03 Å². The van der Waals surface area contributed by atoms with E-state index in [-0.39, 0.29) is 36.3 Å². The Balaban J connectivity index is 0.00000264. The molecule has 0 bridgehead atoms. The second kappa shape index (κ2) is 9.98. The quantitative estimate of drug-likeness (QED) is 0.706. The average Bonchev–Trinajstić information content (AvgIpc) is 3.05. The fourth-order valence-corrected chi connectivity index (χ4v) is 3.21. The van der Waals surface area contributed by atoms with Gasteiger partial charge < -0.3 is 20.9 Å². The van der Waals surface area contributed by atoms with Crippen LogP contribution in [0.4, 0.5) is 4.79 Å². The minimum absolute atomic E-state index is 0. The van der Waals surface area contributed by atoms with Crippen molar-refractivity contribution >= 4 is 24.3 Å². The van der Waals surface area contributed by atoms with E-state index in [0.717, 1.165) is 32.2 Å². The number of amides is 3. The topological polar surface area (TPSA) is 73.5 Å². The molecule has 2 aliphatic rings. The Morgan fingerprint density at radius 2 is 1.87 bits per heavy atom. The Bertz CT molecular complexity index is 388. The Kier molecular flexibility index (Phi) is 8.69. The monoisotopic (exact) mass is 346 g/mol. The van der Waals surface area contributed by atoms with Gasteiger partial charge in [0.2, 0.25) is 5.91 Å². The summed E-state index contributed by atoms with van der Waals surface area (Å²) in [6.07, 6.45) is 6.36. The molecule has 2 atom stereocenters. The highest BCUT2D eigenvalue weighted by Gasteiger charge is 2.29. The fourth-order valence-electron chi connectivity index (χ4n) is 3.21. The Hall–Kier alpha value is -1.01. The molecule has 2 fully saturated rings. The van der Waals surface area contributed by atoms with E-state index in [1.807, 2.05) is 18.9 Å². The Morgan fingerprint density at radius 1 is 1.17 bits per heavy atom. The maximum atomic E-state index is 12.3. The van der Waals surface area contributed by atoms with Crippen LogP contribution >= 0.6 is 12.4 Å². The summed E-state index contributed by atoms with van der Waals surface area (Å²) < 4.78 is 0. The number of nitrogens with zero attached hydrogens (tertiary/aromatic N) is 1. The van der Waals surface area contributed by atoms with Crippen LogP contribution in [0.15, 0.2) is 0 Å². The lowest BCUT2D eigenvalue weighted by Crippen LogP contribution is -2.51. The summed E-state index contributed by atoms with van der Waals surface area (Å²) in [7, 11) is 1.88. The molecule has 1 heterocycles. The molecule has 1 saturated heterocycles. The molecule has 0 aromatic rings. The minimum Gasteiger partial charge on any atom is -0.354 e. The van der Waals surface area contributed by atoms with E-state index in [4.69, 9.17) is 0 Å². The van der Waals surface area contributed by atoms with Gasteiger partial charge in [0.25, 0.3) is 0 Å². The number of likely N-dealkylation sites (tertiary alicyclic amines) is 1. The van der Waals surface area contributed by atoms with Crippen molar-refractivity contribution in [3.63, 3.8) is 0 Å². The van der Waals surface area contributed by atoms with E-state index in [1.54, 1.807) is 0 Å². The minimum atomic E-state index is -0.0767. The standard InChI is InChI=1S/C16H30N4O2.ClH/c1-12(17-2)10-18-15(21)13-6-5-9-20(11-13)16(22)19-14-7-3-4-8-14;/h12-14,17H,3-11H2,1-2H3,(H,18,21)(H,19,22);1H. The third-order valence-electron chi connectivity index (χ3n) is 4.84. The molecule has 0 aromatic carbocycles. The number of rotatable bonds is 5. The second-order valence-corrected chi connectivity index (χ2v) is 6.65. The maximum Gasteiger partial charge on any atom is 0.317 e. The zero-order chi connectivity index (χ0) is 15.9. The molecule has 134 valence electrons. The zero-order valence-electron chi connectivity index (χ0n) is 14.3. The Labute approximate surface area is 145 Å². The lowest BCUT2D eigenvalue weighted by atomic mass is 9.97. The van der Waals surface area contributed by atoms with Crippen LogP contribution in [0.3, 0.4) is 0 Å². The zero-order valence-corrected chi connectivity index (χ0v) is 15.1. The van der Waals surface area contributed by atoms with Gasteiger partial charge in [-0.3, -0.25) is 4.79 Å². The summed E-state index contributed by atoms with van der Waals surface area (Å²) in [4.78, 5) is 26.4. The third-order valence-corrected chi connectivity index (χ3v) is 4.84. The molecule has 2 rings (SSSR count).